The van der Waals surface area contributed by atoms with Crippen molar-refractivity contribution >= 4 is 17.8 Å². The summed E-state index contributed by atoms with van der Waals surface area (Å²) in [5, 5.41) is 15.5. The molecule has 35 heavy (non-hydrogen) atoms. The number of carboxylic acids is 1. The zero-order chi connectivity index (χ0) is 24.9. The van der Waals surface area contributed by atoms with Crippen molar-refractivity contribution in [3.05, 3.63) is 88.8 Å². The second kappa shape index (κ2) is 10.3. The number of carbonyl (C=O) groups excluding carboxylic acids is 1. The highest BCUT2D eigenvalue weighted by molar-refractivity contribution is 5.99. The van der Waals surface area contributed by atoms with Crippen molar-refractivity contribution in [1.82, 2.24) is 20.3 Å². The predicted octanol–water partition coefficient (Wildman–Crippen LogP) is 4.03. The SMILES string of the molecule is Cc1cc(C)c(C(=O)NC(Cc2ccc(-c3coc(CNc4ncc[nH]4)n3)cc2)C(=O)O)c(C)c1. The highest BCUT2D eigenvalue weighted by atomic mass is 16.4. The zero-order valence-electron chi connectivity index (χ0n) is 19.8. The minimum absolute atomic E-state index is 0.155. The van der Waals surface area contributed by atoms with Crippen LogP contribution in [0.15, 0.2) is 59.5 Å². The smallest absolute Gasteiger partial charge is 0.326 e. The van der Waals surface area contributed by atoms with E-state index in [9.17, 15) is 14.7 Å². The van der Waals surface area contributed by atoms with E-state index in [0.29, 0.717) is 29.6 Å². The van der Waals surface area contributed by atoms with E-state index in [1.54, 1.807) is 18.7 Å². The molecule has 0 fully saturated rings. The molecule has 4 rings (SSSR count). The third kappa shape index (κ3) is 5.75. The number of anilines is 1. The van der Waals surface area contributed by atoms with Gasteiger partial charge in [0.1, 0.15) is 18.0 Å². The first kappa shape index (κ1) is 23.7. The minimum atomic E-state index is -1.09. The number of rotatable bonds is 9. The molecular formula is C26H27N5O4. The third-order valence-corrected chi connectivity index (χ3v) is 5.65. The van der Waals surface area contributed by atoms with Crippen LogP contribution in [0.3, 0.4) is 0 Å². The van der Waals surface area contributed by atoms with E-state index in [4.69, 9.17) is 4.42 Å². The lowest BCUT2D eigenvalue weighted by atomic mass is 9.98. The van der Waals surface area contributed by atoms with Crippen LogP contribution in [0, 0.1) is 20.8 Å². The Morgan fingerprint density at radius 3 is 2.46 bits per heavy atom. The van der Waals surface area contributed by atoms with Gasteiger partial charge in [0.15, 0.2) is 0 Å². The van der Waals surface area contributed by atoms with Gasteiger partial charge in [-0.2, -0.15) is 0 Å². The average Bonchev–Trinajstić information content (AvgIpc) is 3.49. The van der Waals surface area contributed by atoms with Crippen molar-refractivity contribution in [1.29, 1.82) is 0 Å². The fourth-order valence-corrected chi connectivity index (χ4v) is 4.06. The van der Waals surface area contributed by atoms with Crippen molar-refractivity contribution in [3.8, 4) is 11.3 Å². The van der Waals surface area contributed by atoms with E-state index >= 15 is 0 Å². The van der Waals surface area contributed by atoms with E-state index in [1.165, 1.54) is 0 Å². The number of carbonyl (C=O) groups is 2. The summed E-state index contributed by atoms with van der Waals surface area (Å²) >= 11 is 0. The Morgan fingerprint density at radius 1 is 1.11 bits per heavy atom. The van der Waals surface area contributed by atoms with Crippen LogP contribution in [-0.2, 0) is 17.8 Å². The van der Waals surface area contributed by atoms with Crippen molar-refractivity contribution < 1.29 is 19.1 Å². The normalized spacial score (nSPS) is 11.7. The number of nitrogens with zero attached hydrogens (tertiary/aromatic N) is 2. The van der Waals surface area contributed by atoms with Crippen LogP contribution in [0.5, 0.6) is 0 Å². The number of imidazole rings is 1. The van der Waals surface area contributed by atoms with Crippen LogP contribution in [0.2, 0.25) is 0 Å². The molecule has 4 N–H and O–H groups in total. The number of hydrogen-bond donors (Lipinski definition) is 4. The number of aliphatic carboxylic acids is 1. The molecule has 0 aliphatic rings. The van der Waals surface area contributed by atoms with Crippen LogP contribution in [0.1, 0.15) is 38.5 Å². The summed E-state index contributed by atoms with van der Waals surface area (Å²) < 4.78 is 5.52. The number of aromatic nitrogens is 3. The Bertz CT molecular complexity index is 1300. The van der Waals surface area contributed by atoms with Crippen LogP contribution < -0.4 is 10.6 Å². The van der Waals surface area contributed by atoms with Gasteiger partial charge >= 0.3 is 5.97 Å². The Morgan fingerprint density at radius 2 is 1.83 bits per heavy atom. The summed E-state index contributed by atoms with van der Waals surface area (Å²) in [6, 6.07) is 10.1. The summed E-state index contributed by atoms with van der Waals surface area (Å²) in [6.45, 7) is 6.05. The van der Waals surface area contributed by atoms with Gasteiger partial charge in [0.05, 0.1) is 6.54 Å². The van der Waals surface area contributed by atoms with Gasteiger partial charge in [-0.15, -0.1) is 0 Å². The molecule has 2 heterocycles. The number of aryl methyl sites for hydroxylation is 3. The van der Waals surface area contributed by atoms with E-state index in [1.807, 2.05) is 57.2 Å². The van der Waals surface area contributed by atoms with Crippen LogP contribution in [0.4, 0.5) is 5.95 Å². The van der Waals surface area contributed by atoms with E-state index in [2.05, 4.69) is 25.6 Å². The maximum atomic E-state index is 12.9. The van der Waals surface area contributed by atoms with E-state index in [-0.39, 0.29) is 12.3 Å². The number of amides is 1. The quantitative estimate of drug-likeness (QED) is 0.288. The standard InChI is InChI=1S/C26H27N5O4/c1-15-10-16(2)23(17(3)11-15)24(32)31-20(25(33)34)12-18-4-6-19(7-5-18)21-14-35-22(30-21)13-29-26-27-8-9-28-26/h4-11,14,20H,12-13H2,1-3H3,(H,31,32)(H,33,34)(H2,27,28,29). The summed E-state index contributed by atoms with van der Waals surface area (Å²) in [5.74, 6) is -0.338. The topological polar surface area (TPSA) is 133 Å². The second-order valence-corrected chi connectivity index (χ2v) is 8.46. The molecule has 4 aromatic rings. The maximum absolute atomic E-state index is 12.9. The van der Waals surface area contributed by atoms with Crippen molar-refractivity contribution in [2.75, 3.05) is 5.32 Å². The number of nitrogens with one attached hydrogen (secondary N) is 3. The van der Waals surface area contributed by atoms with Crippen LogP contribution in [-0.4, -0.2) is 38.0 Å². The molecule has 0 radical (unpaired) electrons. The van der Waals surface area contributed by atoms with Crippen molar-refractivity contribution in [3.63, 3.8) is 0 Å². The first-order valence-corrected chi connectivity index (χ1v) is 11.2. The molecule has 9 nitrogen and oxygen atoms in total. The molecule has 1 unspecified atom stereocenters. The molecular weight excluding hydrogens is 446 g/mol. The van der Waals surface area contributed by atoms with Crippen molar-refractivity contribution in [2.24, 2.45) is 0 Å². The number of H-pyrrole nitrogens is 1. The molecule has 0 aliphatic heterocycles. The highest BCUT2D eigenvalue weighted by Gasteiger charge is 2.23. The van der Waals surface area contributed by atoms with Gasteiger partial charge in [-0.1, -0.05) is 42.0 Å². The second-order valence-electron chi connectivity index (χ2n) is 8.46. The molecule has 0 saturated heterocycles. The van der Waals surface area contributed by atoms with Gasteiger partial charge in [-0.05, 0) is 37.5 Å². The highest BCUT2D eigenvalue weighted by Crippen LogP contribution is 2.21. The number of oxazole rings is 1. The maximum Gasteiger partial charge on any atom is 0.326 e. The fourth-order valence-electron chi connectivity index (χ4n) is 4.06. The number of aromatic amines is 1. The Kier molecular flexibility index (Phi) is 6.96. The molecule has 9 heteroatoms. The molecule has 2 aromatic heterocycles. The molecule has 0 saturated carbocycles. The van der Waals surface area contributed by atoms with Gasteiger partial charge in [-0.3, -0.25) is 4.79 Å². The number of benzene rings is 2. The Labute approximate surface area is 202 Å². The lowest BCUT2D eigenvalue weighted by molar-refractivity contribution is -0.139. The van der Waals surface area contributed by atoms with Crippen LogP contribution in [0.25, 0.3) is 11.3 Å². The lowest BCUT2D eigenvalue weighted by Crippen LogP contribution is -2.42. The molecule has 1 atom stereocenters. The van der Waals surface area contributed by atoms with E-state index in [0.717, 1.165) is 27.8 Å². The third-order valence-electron chi connectivity index (χ3n) is 5.65. The number of carboxylic acid groups (broad SMARTS) is 1. The van der Waals surface area contributed by atoms with Gasteiger partial charge in [0, 0.05) is 29.9 Å². The zero-order valence-corrected chi connectivity index (χ0v) is 19.8. The average molecular weight is 474 g/mol. The van der Waals surface area contributed by atoms with Crippen LogP contribution >= 0.6 is 0 Å². The molecule has 1 amide bonds. The Hall–Kier alpha value is -4.40. The monoisotopic (exact) mass is 473 g/mol. The summed E-state index contributed by atoms with van der Waals surface area (Å²) in [5.41, 5.74) is 5.49. The molecule has 0 aliphatic carbocycles. The molecule has 180 valence electrons. The molecule has 2 aromatic carbocycles. The molecule has 0 bridgehead atoms. The minimum Gasteiger partial charge on any atom is -0.480 e. The predicted molar refractivity (Wildman–Crippen MR) is 131 cm³/mol. The van der Waals surface area contributed by atoms with Gasteiger partial charge in [0.2, 0.25) is 11.8 Å². The van der Waals surface area contributed by atoms with Gasteiger partial charge in [-0.25, -0.2) is 14.8 Å². The molecule has 0 spiro atoms. The largest absolute Gasteiger partial charge is 0.480 e. The first-order valence-electron chi connectivity index (χ1n) is 11.2. The summed E-state index contributed by atoms with van der Waals surface area (Å²) in [7, 11) is 0. The number of hydrogen-bond acceptors (Lipinski definition) is 6. The Balaban J connectivity index is 1.41. The van der Waals surface area contributed by atoms with Gasteiger partial charge < -0.3 is 25.1 Å². The summed E-state index contributed by atoms with van der Waals surface area (Å²) in [4.78, 5) is 36.3. The van der Waals surface area contributed by atoms with E-state index < -0.39 is 12.0 Å². The first-order chi connectivity index (χ1) is 16.8. The fraction of sp³-hybridized carbons (Fsp3) is 0.231. The van der Waals surface area contributed by atoms with Gasteiger partial charge in [0.25, 0.3) is 5.91 Å². The van der Waals surface area contributed by atoms with Crippen molar-refractivity contribution in [2.45, 2.75) is 39.8 Å². The summed E-state index contributed by atoms with van der Waals surface area (Å²) in [6.07, 6.45) is 5.09. The lowest BCUT2D eigenvalue weighted by Gasteiger charge is -2.17.